The summed E-state index contributed by atoms with van der Waals surface area (Å²) in [7, 11) is 0. The van der Waals surface area contributed by atoms with Gasteiger partial charge in [0.2, 0.25) is 0 Å². The number of amides is 1. The van der Waals surface area contributed by atoms with E-state index in [9.17, 15) is 9.90 Å². The molecule has 0 aliphatic rings. The lowest BCUT2D eigenvalue weighted by Crippen LogP contribution is -2.34. The van der Waals surface area contributed by atoms with E-state index in [0.717, 1.165) is 5.56 Å². The van der Waals surface area contributed by atoms with Crippen LogP contribution in [0.5, 0.6) is 0 Å². The molecule has 0 aliphatic carbocycles. The lowest BCUT2D eigenvalue weighted by atomic mass is 10.1. The summed E-state index contributed by atoms with van der Waals surface area (Å²) in [6.45, 7) is 6.90. The van der Waals surface area contributed by atoms with Gasteiger partial charge in [-0.2, -0.15) is 0 Å². The van der Waals surface area contributed by atoms with Crippen molar-refractivity contribution in [3.63, 3.8) is 0 Å². The molecule has 20 heavy (non-hydrogen) atoms. The van der Waals surface area contributed by atoms with Crippen LogP contribution in [-0.2, 0) is 4.74 Å². The fourth-order valence-electron chi connectivity index (χ4n) is 1.60. The van der Waals surface area contributed by atoms with E-state index < -0.39 is 6.10 Å². The summed E-state index contributed by atoms with van der Waals surface area (Å²) >= 11 is 5.91. The van der Waals surface area contributed by atoms with Gasteiger partial charge in [0.1, 0.15) is 0 Å². The van der Waals surface area contributed by atoms with Crippen LogP contribution in [0.1, 0.15) is 29.8 Å². The summed E-state index contributed by atoms with van der Waals surface area (Å²) in [5.74, 6) is 0.196. The number of nitrogens with one attached hydrogen (secondary N) is 1. The Labute approximate surface area is 125 Å². The molecular formula is C15H22ClNO3. The molecule has 1 rings (SSSR count). The van der Waals surface area contributed by atoms with E-state index in [-0.39, 0.29) is 19.1 Å². The molecule has 0 saturated carbocycles. The number of aliphatic hydroxyl groups is 1. The number of ether oxygens (including phenoxy) is 1. The Morgan fingerprint density at radius 3 is 2.70 bits per heavy atom. The molecule has 0 heterocycles. The quantitative estimate of drug-likeness (QED) is 0.813. The van der Waals surface area contributed by atoms with Gasteiger partial charge >= 0.3 is 0 Å². The molecule has 0 aliphatic heterocycles. The van der Waals surface area contributed by atoms with E-state index in [1.54, 1.807) is 18.2 Å². The summed E-state index contributed by atoms with van der Waals surface area (Å²) in [4.78, 5) is 11.9. The van der Waals surface area contributed by atoms with Crippen LogP contribution in [0.2, 0.25) is 5.02 Å². The van der Waals surface area contributed by atoms with Crippen LogP contribution in [0.4, 0.5) is 0 Å². The smallest absolute Gasteiger partial charge is 0.251 e. The van der Waals surface area contributed by atoms with Crippen molar-refractivity contribution in [1.29, 1.82) is 0 Å². The van der Waals surface area contributed by atoms with Crippen LogP contribution in [0, 0.1) is 12.8 Å². The molecule has 0 saturated heterocycles. The number of hydrogen-bond donors (Lipinski definition) is 2. The number of aryl methyl sites for hydroxylation is 1. The van der Waals surface area contributed by atoms with Crippen LogP contribution in [0.15, 0.2) is 18.2 Å². The van der Waals surface area contributed by atoms with Gasteiger partial charge in [-0.15, -0.1) is 0 Å². The van der Waals surface area contributed by atoms with Gasteiger partial charge in [0.05, 0.1) is 12.7 Å². The zero-order valence-corrected chi connectivity index (χ0v) is 12.9. The first-order valence-corrected chi connectivity index (χ1v) is 7.08. The third kappa shape index (κ3) is 5.90. The number of hydrogen-bond acceptors (Lipinski definition) is 3. The largest absolute Gasteiger partial charge is 0.389 e. The van der Waals surface area contributed by atoms with E-state index in [1.807, 2.05) is 20.8 Å². The molecule has 1 unspecified atom stereocenters. The van der Waals surface area contributed by atoms with Gasteiger partial charge in [0, 0.05) is 23.7 Å². The molecule has 2 N–H and O–H groups in total. The van der Waals surface area contributed by atoms with Gasteiger partial charge in [-0.3, -0.25) is 4.79 Å². The van der Waals surface area contributed by atoms with E-state index in [1.165, 1.54) is 0 Å². The summed E-state index contributed by atoms with van der Waals surface area (Å²) in [6, 6.07) is 5.07. The van der Waals surface area contributed by atoms with Crippen molar-refractivity contribution >= 4 is 17.5 Å². The lowest BCUT2D eigenvalue weighted by Gasteiger charge is -2.13. The molecule has 112 valence electrons. The van der Waals surface area contributed by atoms with Gasteiger partial charge in [0.25, 0.3) is 5.91 Å². The second-order valence-corrected chi connectivity index (χ2v) is 5.67. The average Bonchev–Trinajstić information content (AvgIpc) is 2.38. The van der Waals surface area contributed by atoms with Gasteiger partial charge in [-0.1, -0.05) is 25.4 Å². The highest BCUT2D eigenvalue weighted by Crippen LogP contribution is 2.16. The van der Waals surface area contributed by atoms with Crippen molar-refractivity contribution < 1.29 is 14.6 Å². The molecule has 1 amide bonds. The SMILES string of the molecule is Cc1cc(C(=O)NCC(O)COCC(C)C)ccc1Cl. The maximum Gasteiger partial charge on any atom is 0.251 e. The van der Waals surface area contributed by atoms with Crippen molar-refractivity contribution in [2.24, 2.45) is 5.92 Å². The summed E-state index contributed by atoms with van der Waals surface area (Å²) in [5, 5.41) is 13.0. The third-order valence-electron chi connectivity index (χ3n) is 2.68. The molecule has 0 fully saturated rings. The molecule has 0 aromatic heterocycles. The molecule has 1 atom stereocenters. The monoisotopic (exact) mass is 299 g/mol. The van der Waals surface area contributed by atoms with E-state index in [0.29, 0.717) is 23.1 Å². The fourth-order valence-corrected chi connectivity index (χ4v) is 1.71. The van der Waals surface area contributed by atoms with Crippen molar-refractivity contribution in [3.8, 4) is 0 Å². The highest BCUT2D eigenvalue weighted by Gasteiger charge is 2.10. The normalized spacial score (nSPS) is 12.5. The van der Waals surface area contributed by atoms with E-state index in [2.05, 4.69) is 5.32 Å². The number of benzene rings is 1. The van der Waals surface area contributed by atoms with Gasteiger partial charge in [-0.05, 0) is 36.6 Å². The second kappa shape index (κ2) is 8.25. The zero-order chi connectivity index (χ0) is 15.1. The van der Waals surface area contributed by atoms with E-state index in [4.69, 9.17) is 16.3 Å². The molecule has 4 nitrogen and oxygen atoms in total. The first-order chi connectivity index (χ1) is 9.40. The summed E-state index contributed by atoms with van der Waals surface area (Å²) in [6.07, 6.45) is -0.703. The molecular weight excluding hydrogens is 278 g/mol. The van der Waals surface area contributed by atoms with Gasteiger partial charge in [-0.25, -0.2) is 0 Å². The van der Waals surface area contributed by atoms with Gasteiger partial charge < -0.3 is 15.2 Å². The third-order valence-corrected chi connectivity index (χ3v) is 3.10. The van der Waals surface area contributed by atoms with Gasteiger partial charge in [0.15, 0.2) is 0 Å². The maximum absolute atomic E-state index is 11.9. The van der Waals surface area contributed by atoms with Crippen LogP contribution < -0.4 is 5.32 Å². The second-order valence-electron chi connectivity index (χ2n) is 5.26. The molecule has 5 heteroatoms. The lowest BCUT2D eigenvalue weighted by molar-refractivity contribution is 0.0259. The zero-order valence-electron chi connectivity index (χ0n) is 12.1. The van der Waals surface area contributed by atoms with E-state index >= 15 is 0 Å². The predicted molar refractivity (Wildman–Crippen MR) is 80.2 cm³/mol. The number of halogens is 1. The maximum atomic E-state index is 11.9. The number of rotatable bonds is 7. The standard InChI is InChI=1S/C15H22ClNO3/c1-10(2)8-20-9-13(18)7-17-15(19)12-4-5-14(16)11(3)6-12/h4-6,10,13,18H,7-9H2,1-3H3,(H,17,19). The average molecular weight is 300 g/mol. The Kier molecular flexibility index (Phi) is 6.99. The van der Waals surface area contributed by atoms with Crippen molar-refractivity contribution in [2.75, 3.05) is 19.8 Å². The Hall–Kier alpha value is -1.10. The van der Waals surface area contributed by atoms with Crippen LogP contribution in [0.25, 0.3) is 0 Å². The molecule has 0 bridgehead atoms. The van der Waals surface area contributed by atoms with Crippen molar-refractivity contribution in [1.82, 2.24) is 5.32 Å². The first-order valence-electron chi connectivity index (χ1n) is 6.70. The highest BCUT2D eigenvalue weighted by molar-refractivity contribution is 6.31. The molecule has 1 aromatic rings. The molecule has 0 spiro atoms. The first kappa shape index (κ1) is 17.0. The minimum absolute atomic E-state index is 0.165. The van der Waals surface area contributed by atoms with Crippen molar-refractivity contribution in [3.05, 3.63) is 34.3 Å². The van der Waals surface area contributed by atoms with Crippen LogP contribution in [0.3, 0.4) is 0 Å². The van der Waals surface area contributed by atoms with Crippen LogP contribution >= 0.6 is 11.6 Å². The Bertz CT molecular complexity index is 449. The number of carbonyl (C=O) groups is 1. The summed E-state index contributed by atoms with van der Waals surface area (Å²) in [5.41, 5.74) is 1.38. The highest BCUT2D eigenvalue weighted by atomic mass is 35.5. The number of carbonyl (C=O) groups excluding carboxylic acids is 1. The predicted octanol–water partition coefficient (Wildman–Crippen LogP) is 2.41. The Morgan fingerprint density at radius 1 is 1.40 bits per heavy atom. The minimum Gasteiger partial charge on any atom is -0.389 e. The minimum atomic E-state index is -0.703. The Morgan fingerprint density at radius 2 is 2.10 bits per heavy atom. The molecule has 1 aromatic carbocycles. The fraction of sp³-hybridized carbons (Fsp3) is 0.533. The summed E-state index contributed by atoms with van der Waals surface area (Å²) < 4.78 is 5.31. The number of aliphatic hydroxyl groups excluding tert-OH is 1. The van der Waals surface area contributed by atoms with Crippen LogP contribution in [-0.4, -0.2) is 36.9 Å². The Balaban J connectivity index is 2.37. The molecule has 0 radical (unpaired) electrons. The van der Waals surface area contributed by atoms with Crippen molar-refractivity contribution in [2.45, 2.75) is 26.9 Å². The topological polar surface area (TPSA) is 58.6 Å².